The number of nitrogens with zero attached hydrogens (tertiary/aromatic N) is 4. The summed E-state index contributed by atoms with van der Waals surface area (Å²) in [5, 5.41) is 4.81. The lowest BCUT2D eigenvalue weighted by molar-refractivity contribution is 1.23. The smallest absolute Gasteiger partial charge is 0.160 e. The Morgan fingerprint density at radius 1 is 0.512 bits per heavy atom. The zero-order valence-corrected chi connectivity index (χ0v) is 21.9. The van der Waals surface area contributed by atoms with Gasteiger partial charge in [-0.2, -0.15) is 0 Å². The van der Waals surface area contributed by atoms with Crippen LogP contribution >= 0.6 is 0 Å². The Morgan fingerprint density at radius 2 is 1.22 bits per heavy atom. The summed E-state index contributed by atoms with van der Waals surface area (Å²) >= 11 is 0. The van der Waals surface area contributed by atoms with Gasteiger partial charge in [0, 0.05) is 42.7 Å². The Morgan fingerprint density at radius 3 is 2.07 bits per heavy atom. The Balaban J connectivity index is 1.37. The predicted octanol–water partition coefficient (Wildman–Crippen LogP) is 9.19. The number of aromatic nitrogens is 4. The Kier molecular flexibility index (Phi) is 4.64. The second kappa shape index (κ2) is 9.32. The molecule has 41 heavy (non-hydrogen) atoms. The van der Waals surface area contributed by atoms with E-state index in [0.29, 0.717) is 16.9 Å². The molecule has 0 aliphatic carbocycles. The summed E-state index contributed by atoms with van der Waals surface area (Å²) in [4.78, 5) is 19.8. The zero-order chi connectivity index (χ0) is 29.8. The van der Waals surface area contributed by atoms with Crippen LogP contribution in [-0.2, 0) is 0 Å². The molecule has 0 fully saturated rings. The number of hydrogen-bond donors (Lipinski definition) is 0. The molecule has 0 saturated heterocycles. The van der Waals surface area contributed by atoms with E-state index in [1.807, 2.05) is 72.8 Å². The number of pyridine rings is 2. The molecular formula is C37H24N4. The normalized spacial score (nSPS) is 12.9. The van der Waals surface area contributed by atoms with Crippen LogP contribution in [0.1, 0.15) is 9.81 Å². The molecule has 0 atom stereocenters. The van der Waals surface area contributed by atoms with E-state index in [-0.39, 0.29) is 5.69 Å². The van der Waals surface area contributed by atoms with Crippen LogP contribution in [0.3, 0.4) is 0 Å². The lowest BCUT2D eigenvalue weighted by Crippen LogP contribution is -1.96. The van der Waals surface area contributed by atoms with Crippen molar-refractivity contribution >= 4 is 43.5 Å². The lowest BCUT2D eigenvalue weighted by atomic mass is 9.97. The van der Waals surface area contributed by atoms with Crippen LogP contribution in [0.25, 0.3) is 77.4 Å². The third-order valence-electron chi connectivity index (χ3n) is 7.57. The summed E-state index contributed by atoms with van der Waals surface area (Å²) in [6.07, 6.45) is 0. The van der Waals surface area contributed by atoms with E-state index in [0.717, 1.165) is 60.5 Å². The summed E-state index contributed by atoms with van der Waals surface area (Å²) in [5.41, 5.74) is 6.64. The van der Waals surface area contributed by atoms with E-state index in [1.165, 1.54) is 0 Å². The van der Waals surface area contributed by atoms with E-state index in [9.17, 15) is 0 Å². The minimum atomic E-state index is -2.31. The van der Waals surface area contributed by atoms with Crippen molar-refractivity contribution in [1.29, 1.82) is 0 Å². The average Bonchev–Trinajstić information content (AvgIpc) is 3.06. The van der Waals surface area contributed by atoms with Crippen molar-refractivity contribution in [3.63, 3.8) is 0 Å². The van der Waals surface area contributed by atoms with E-state index < -0.39 is 6.85 Å². The SMILES string of the molecule is [2H]C([2H])([2H])c1ccc2ccc3ccc(-c4cc(-c5nc(-c6ccccc6)c6ccccc6n5)cc5ccccc45)nc3c2n1. The van der Waals surface area contributed by atoms with E-state index in [1.54, 1.807) is 12.1 Å². The third kappa shape index (κ3) is 4.00. The fraction of sp³-hybridized carbons (Fsp3) is 0.0270. The molecule has 0 bridgehead atoms. The molecule has 0 saturated carbocycles. The van der Waals surface area contributed by atoms with Crippen molar-refractivity contribution in [2.45, 2.75) is 6.85 Å². The maximum absolute atomic E-state index is 7.89. The van der Waals surface area contributed by atoms with Gasteiger partial charge in [0.25, 0.3) is 0 Å². The van der Waals surface area contributed by atoms with Gasteiger partial charge in [0.1, 0.15) is 0 Å². The van der Waals surface area contributed by atoms with Gasteiger partial charge in [-0.25, -0.2) is 15.0 Å². The summed E-state index contributed by atoms with van der Waals surface area (Å²) < 4.78 is 23.7. The summed E-state index contributed by atoms with van der Waals surface area (Å²) in [7, 11) is 0. The van der Waals surface area contributed by atoms with Crippen molar-refractivity contribution in [2.24, 2.45) is 0 Å². The van der Waals surface area contributed by atoms with Gasteiger partial charge in [0.05, 0.1) is 27.9 Å². The number of aryl methyl sites for hydroxylation is 1. The molecule has 0 amide bonds. The molecular weight excluding hydrogens is 500 g/mol. The number of fused-ring (bicyclic) bond motifs is 5. The van der Waals surface area contributed by atoms with Gasteiger partial charge in [-0.3, -0.25) is 4.98 Å². The molecule has 0 radical (unpaired) electrons. The quantitative estimate of drug-likeness (QED) is 0.215. The fourth-order valence-corrected chi connectivity index (χ4v) is 5.59. The summed E-state index contributed by atoms with van der Waals surface area (Å²) in [5.74, 6) is 0.629. The van der Waals surface area contributed by atoms with Crippen LogP contribution < -0.4 is 0 Å². The lowest BCUT2D eigenvalue weighted by Gasteiger charge is -2.13. The van der Waals surface area contributed by atoms with Gasteiger partial charge in [0.2, 0.25) is 0 Å². The van der Waals surface area contributed by atoms with E-state index in [4.69, 9.17) is 19.1 Å². The topological polar surface area (TPSA) is 51.6 Å². The van der Waals surface area contributed by atoms with Crippen LogP contribution in [0, 0.1) is 6.85 Å². The van der Waals surface area contributed by atoms with Crippen molar-refractivity contribution in [1.82, 2.24) is 19.9 Å². The van der Waals surface area contributed by atoms with Crippen molar-refractivity contribution in [3.8, 4) is 33.9 Å². The first-order chi connectivity index (χ1) is 21.4. The maximum atomic E-state index is 7.89. The zero-order valence-electron chi connectivity index (χ0n) is 24.9. The predicted molar refractivity (Wildman–Crippen MR) is 169 cm³/mol. The van der Waals surface area contributed by atoms with Gasteiger partial charge in [-0.05, 0) is 48.0 Å². The minimum absolute atomic E-state index is 0.0554. The molecule has 0 unspecified atom stereocenters. The highest BCUT2D eigenvalue weighted by Crippen LogP contribution is 2.36. The van der Waals surface area contributed by atoms with Crippen molar-refractivity contribution in [2.75, 3.05) is 0 Å². The Hall–Kier alpha value is -5.48. The minimum Gasteiger partial charge on any atom is -0.251 e. The second-order valence-corrected chi connectivity index (χ2v) is 10.1. The standard InChI is InChI=1S/C37H24N4/c1-23-15-16-25-17-18-26-19-20-33(39-36(26)35(25)38-23)31-22-28(21-27-11-5-6-12-29(27)31)37-40-32-14-8-7-13-30(32)34(41-37)24-9-3-2-4-10-24/h2-22H,1H3/i1D3. The molecule has 0 spiro atoms. The molecule has 3 aromatic heterocycles. The molecule has 192 valence electrons. The molecule has 8 rings (SSSR count). The molecule has 3 heterocycles. The largest absolute Gasteiger partial charge is 0.251 e. The first-order valence-electron chi connectivity index (χ1n) is 15.0. The molecule has 0 N–H and O–H groups in total. The van der Waals surface area contributed by atoms with Crippen LogP contribution in [0.5, 0.6) is 0 Å². The summed E-state index contributed by atoms with van der Waals surface area (Å²) in [6.45, 7) is -2.31. The Bertz CT molecular complexity index is 2380. The highest BCUT2D eigenvalue weighted by atomic mass is 14.9. The number of rotatable bonds is 3. The Labute approximate surface area is 241 Å². The second-order valence-electron chi connectivity index (χ2n) is 10.1. The number of hydrogen-bond acceptors (Lipinski definition) is 4. The fourth-order valence-electron chi connectivity index (χ4n) is 5.59. The average molecular weight is 528 g/mol. The van der Waals surface area contributed by atoms with Crippen LogP contribution in [0.2, 0.25) is 0 Å². The highest BCUT2D eigenvalue weighted by molar-refractivity contribution is 6.05. The van der Waals surface area contributed by atoms with Gasteiger partial charge in [-0.1, -0.05) is 97.1 Å². The first kappa shape index (κ1) is 20.4. The van der Waals surface area contributed by atoms with Gasteiger partial charge >= 0.3 is 0 Å². The van der Waals surface area contributed by atoms with E-state index >= 15 is 0 Å². The van der Waals surface area contributed by atoms with Crippen LogP contribution in [-0.4, -0.2) is 19.9 Å². The molecule has 0 aliphatic rings. The number of benzene rings is 5. The van der Waals surface area contributed by atoms with Crippen molar-refractivity contribution in [3.05, 3.63) is 133 Å². The number of para-hydroxylation sites is 1. The molecule has 4 heteroatoms. The van der Waals surface area contributed by atoms with E-state index in [2.05, 4.69) is 47.4 Å². The van der Waals surface area contributed by atoms with Gasteiger partial charge < -0.3 is 0 Å². The molecule has 4 nitrogen and oxygen atoms in total. The van der Waals surface area contributed by atoms with Crippen LogP contribution in [0.15, 0.2) is 127 Å². The van der Waals surface area contributed by atoms with Crippen LogP contribution in [0.4, 0.5) is 0 Å². The summed E-state index contributed by atoms with van der Waals surface area (Å²) in [6, 6.07) is 42.0. The maximum Gasteiger partial charge on any atom is 0.160 e. The molecule has 5 aromatic carbocycles. The third-order valence-corrected chi connectivity index (χ3v) is 7.57. The first-order valence-corrected chi connectivity index (χ1v) is 13.5. The monoisotopic (exact) mass is 527 g/mol. The molecule has 0 aliphatic heterocycles. The molecule has 8 aromatic rings. The van der Waals surface area contributed by atoms with Gasteiger partial charge in [0.15, 0.2) is 5.82 Å². The highest BCUT2D eigenvalue weighted by Gasteiger charge is 2.15. The van der Waals surface area contributed by atoms with Gasteiger partial charge in [-0.15, -0.1) is 0 Å². The van der Waals surface area contributed by atoms with Crippen molar-refractivity contribution < 1.29 is 4.11 Å².